The Hall–Kier alpha value is -1.89. The van der Waals surface area contributed by atoms with Crippen LogP contribution in [0.5, 0.6) is 5.88 Å². The largest absolute Gasteiger partial charge is 0.481 e. The van der Waals surface area contributed by atoms with Crippen LogP contribution in [0.25, 0.3) is 0 Å². The molecule has 0 amide bonds. The monoisotopic (exact) mass is 267 g/mol. The zero-order chi connectivity index (χ0) is 13.8. The first-order valence-corrected chi connectivity index (χ1v) is 6.11. The second kappa shape index (κ2) is 5.83. The maximum absolute atomic E-state index is 11.1. The number of likely N-dealkylation sites (N-methyl/N-ethyl adjacent to an activating group) is 1. The fourth-order valence-electron chi connectivity index (χ4n) is 2.06. The number of nitrogens with zero attached hydrogens (tertiary/aromatic N) is 3. The molecular weight excluding hydrogens is 250 g/mol. The molecule has 0 radical (unpaired) electrons. The molecule has 1 aliphatic rings. The molecule has 2 unspecified atom stereocenters. The lowest BCUT2D eigenvalue weighted by Crippen LogP contribution is -2.41. The summed E-state index contributed by atoms with van der Waals surface area (Å²) < 4.78 is 10.5. The lowest BCUT2D eigenvalue weighted by atomic mass is 10.0. The highest BCUT2D eigenvalue weighted by Crippen LogP contribution is 2.23. The predicted molar refractivity (Wildman–Crippen MR) is 67.3 cm³/mol. The van der Waals surface area contributed by atoms with Crippen molar-refractivity contribution in [2.24, 2.45) is 5.92 Å². The minimum absolute atomic E-state index is 0.225. The molecule has 2 atom stereocenters. The summed E-state index contributed by atoms with van der Waals surface area (Å²) in [5.41, 5.74) is 0. The molecule has 0 spiro atoms. The van der Waals surface area contributed by atoms with Crippen LogP contribution >= 0.6 is 0 Å². The molecule has 0 aromatic carbocycles. The summed E-state index contributed by atoms with van der Waals surface area (Å²) in [6, 6.07) is -0.247. The van der Waals surface area contributed by atoms with E-state index >= 15 is 0 Å². The molecule has 2 rings (SSSR count). The van der Waals surface area contributed by atoms with Crippen molar-refractivity contribution < 1.29 is 19.4 Å². The average molecular weight is 267 g/mol. The molecule has 2 heterocycles. The van der Waals surface area contributed by atoms with Crippen LogP contribution in [0, 0.1) is 5.92 Å². The third-order valence-corrected chi connectivity index (χ3v) is 3.12. The normalized spacial score (nSPS) is 22.2. The van der Waals surface area contributed by atoms with Gasteiger partial charge in [0.25, 0.3) is 0 Å². The third kappa shape index (κ3) is 2.93. The van der Waals surface area contributed by atoms with Crippen LogP contribution in [-0.4, -0.2) is 54.0 Å². The smallest absolute Gasteiger partial charge is 0.311 e. The molecule has 1 fully saturated rings. The number of aromatic nitrogens is 2. The van der Waals surface area contributed by atoms with Crippen LogP contribution in [0.1, 0.15) is 6.92 Å². The fourth-order valence-corrected chi connectivity index (χ4v) is 2.06. The van der Waals surface area contributed by atoms with Crippen molar-refractivity contribution in [3.63, 3.8) is 0 Å². The van der Waals surface area contributed by atoms with Gasteiger partial charge in [-0.1, -0.05) is 0 Å². The average Bonchev–Trinajstić information content (AvgIpc) is 2.88. The summed E-state index contributed by atoms with van der Waals surface area (Å²) in [4.78, 5) is 21.3. The Labute approximate surface area is 111 Å². The highest BCUT2D eigenvalue weighted by Gasteiger charge is 2.37. The number of carbonyl (C=O) groups is 1. The lowest BCUT2D eigenvalue weighted by molar-refractivity contribution is -0.141. The maximum atomic E-state index is 11.1. The molecular formula is C12H17N3O4. The number of carboxylic acids is 1. The maximum Gasteiger partial charge on any atom is 0.311 e. The number of hydrogen-bond donors (Lipinski definition) is 1. The van der Waals surface area contributed by atoms with Gasteiger partial charge in [-0.3, -0.25) is 9.78 Å². The summed E-state index contributed by atoms with van der Waals surface area (Å²) >= 11 is 0. The van der Waals surface area contributed by atoms with Gasteiger partial charge in [-0.05, 0) is 6.92 Å². The van der Waals surface area contributed by atoms with Crippen LogP contribution in [0.2, 0.25) is 0 Å². The van der Waals surface area contributed by atoms with Crippen LogP contribution in [0.4, 0.5) is 5.82 Å². The number of ether oxygens (including phenoxy) is 2. The van der Waals surface area contributed by atoms with Crippen LogP contribution in [0.3, 0.4) is 0 Å². The zero-order valence-corrected chi connectivity index (χ0v) is 10.9. The van der Waals surface area contributed by atoms with E-state index < -0.39 is 11.9 Å². The Bertz CT molecular complexity index is 454. The summed E-state index contributed by atoms with van der Waals surface area (Å²) in [7, 11) is 1.79. The summed E-state index contributed by atoms with van der Waals surface area (Å²) in [5.74, 6) is -0.406. The second-order valence-electron chi connectivity index (χ2n) is 4.31. The SMILES string of the molecule is CCOc1cncc(N(C)C2COCC2C(=O)O)n1. The predicted octanol–water partition coefficient (Wildman–Crippen LogP) is 0.411. The van der Waals surface area contributed by atoms with Crippen molar-refractivity contribution in [2.45, 2.75) is 13.0 Å². The van der Waals surface area contributed by atoms with Gasteiger partial charge in [0.1, 0.15) is 5.92 Å². The lowest BCUT2D eigenvalue weighted by Gasteiger charge is -2.27. The Morgan fingerprint density at radius 3 is 3.05 bits per heavy atom. The van der Waals surface area contributed by atoms with E-state index in [9.17, 15) is 4.79 Å². The number of aliphatic carboxylic acids is 1. The fraction of sp³-hybridized carbons (Fsp3) is 0.583. The van der Waals surface area contributed by atoms with E-state index in [1.54, 1.807) is 18.1 Å². The third-order valence-electron chi connectivity index (χ3n) is 3.12. The first-order valence-electron chi connectivity index (χ1n) is 6.11. The van der Waals surface area contributed by atoms with Crippen LogP contribution in [0.15, 0.2) is 12.4 Å². The number of anilines is 1. The highest BCUT2D eigenvalue weighted by atomic mass is 16.5. The minimum atomic E-state index is -0.858. The van der Waals surface area contributed by atoms with Crippen molar-refractivity contribution in [3.8, 4) is 5.88 Å². The van der Waals surface area contributed by atoms with E-state index in [-0.39, 0.29) is 12.6 Å². The first kappa shape index (κ1) is 13.5. The van der Waals surface area contributed by atoms with Gasteiger partial charge in [-0.25, -0.2) is 0 Å². The zero-order valence-electron chi connectivity index (χ0n) is 10.9. The highest BCUT2D eigenvalue weighted by molar-refractivity contribution is 5.72. The van der Waals surface area contributed by atoms with E-state index in [2.05, 4.69) is 9.97 Å². The molecule has 0 aliphatic carbocycles. The Morgan fingerprint density at radius 1 is 1.58 bits per heavy atom. The molecule has 1 N–H and O–H groups in total. The van der Waals surface area contributed by atoms with Gasteiger partial charge in [0.2, 0.25) is 5.88 Å². The van der Waals surface area contributed by atoms with Gasteiger partial charge in [-0.2, -0.15) is 4.98 Å². The van der Waals surface area contributed by atoms with Crippen LogP contribution in [-0.2, 0) is 9.53 Å². The topological polar surface area (TPSA) is 84.8 Å². The van der Waals surface area contributed by atoms with E-state index in [1.165, 1.54) is 6.20 Å². The van der Waals surface area contributed by atoms with Gasteiger partial charge in [-0.15, -0.1) is 0 Å². The Morgan fingerprint density at radius 2 is 2.37 bits per heavy atom. The standard InChI is InChI=1S/C12H17N3O4/c1-3-19-11-5-13-4-10(14-11)15(2)9-7-18-6-8(9)12(16)17/h4-5,8-9H,3,6-7H2,1-2H3,(H,16,17). The van der Waals surface area contributed by atoms with E-state index in [0.29, 0.717) is 24.9 Å². The van der Waals surface area contributed by atoms with Crippen molar-refractivity contribution in [2.75, 3.05) is 31.8 Å². The molecule has 7 nitrogen and oxygen atoms in total. The molecule has 0 saturated carbocycles. The van der Waals surface area contributed by atoms with Gasteiger partial charge in [0.05, 0.1) is 38.3 Å². The van der Waals surface area contributed by atoms with Crippen molar-refractivity contribution >= 4 is 11.8 Å². The molecule has 0 bridgehead atoms. The summed E-state index contributed by atoms with van der Waals surface area (Å²) in [6.45, 7) is 2.96. The van der Waals surface area contributed by atoms with Crippen molar-refractivity contribution in [1.82, 2.24) is 9.97 Å². The number of rotatable bonds is 5. The number of carboxylic acid groups (broad SMARTS) is 1. The molecule has 104 valence electrons. The Balaban J connectivity index is 2.16. The molecule has 1 aliphatic heterocycles. The van der Waals surface area contributed by atoms with Crippen LogP contribution < -0.4 is 9.64 Å². The van der Waals surface area contributed by atoms with E-state index in [1.807, 2.05) is 6.92 Å². The molecule has 19 heavy (non-hydrogen) atoms. The molecule has 1 saturated heterocycles. The van der Waals surface area contributed by atoms with E-state index in [0.717, 1.165) is 0 Å². The second-order valence-corrected chi connectivity index (χ2v) is 4.31. The van der Waals surface area contributed by atoms with Gasteiger partial charge in [0, 0.05) is 7.05 Å². The number of hydrogen-bond acceptors (Lipinski definition) is 6. The first-order chi connectivity index (χ1) is 9.13. The molecule has 7 heteroatoms. The van der Waals surface area contributed by atoms with Gasteiger partial charge in [0.15, 0.2) is 5.82 Å². The summed E-state index contributed by atoms with van der Waals surface area (Å²) in [5, 5.41) is 9.15. The quantitative estimate of drug-likeness (QED) is 0.827. The van der Waals surface area contributed by atoms with Crippen molar-refractivity contribution in [3.05, 3.63) is 12.4 Å². The van der Waals surface area contributed by atoms with Crippen molar-refractivity contribution in [1.29, 1.82) is 0 Å². The Kier molecular flexibility index (Phi) is 4.16. The van der Waals surface area contributed by atoms with E-state index in [4.69, 9.17) is 14.6 Å². The molecule has 1 aromatic rings. The minimum Gasteiger partial charge on any atom is -0.481 e. The van der Waals surface area contributed by atoms with Gasteiger partial charge < -0.3 is 19.5 Å². The molecule has 1 aromatic heterocycles. The van der Waals surface area contributed by atoms with Gasteiger partial charge >= 0.3 is 5.97 Å². The summed E-state index contributed by atoms with van der Waals surface area (Å²) in [6.07, 6.45) is 3.11.